The van der Waals surface area contributed by atoms with Crippen LogP contribution in [0.15, 0.2) is 6.07 Å². The number of nitrogens with zero attached hydrogens (tertiary/aromatic N) is 3. The van der Waals surface area contributed by atoms with Crippen molar-refractivity contribution in [2.75, 3.05) is 20.6 Å². The molecule has 1 aromatic rings. The molecular weight excluding hydrogens is 299 g/mol. The first-order valence-electron chi connectivity index (χ1n) is 6.44. The summed E-state index contributed by atoms with van der Waals surface area (Å²) in [6.45, 7) is 4.99. The van der Waals surface area contributed by atoms with Gasteiger partial charge in [0, 0.05) is 12.6 Å². The van der Waals surface area contributed by atoms with Crippen LogP contribution in [0, 0.1) is 5.92 Å². The number of likely N-dealkylation sites (N-methyl/N-ethyl adjacent to an activating group) is 1. The van der Waals surface area contributed by atoms with E-state index in [1.165, 1.54) is 6.07 Å². The van der Waals surface area contributed by atoms with E-state index >= 15 is 0 Å². The van der Waals surface area contributed by atoms with Gasteiger partial charge in [0.15, 0.2) is 10.3 Å². The Morgan fingerprint density at radius 3 is 2.55 bits per heavy atom. The Morgan fingerprint density at radius 2 is 2.00 bits per heavy atom. The predicted octanol–water partition coefficient (Wildman–Crippen LogP) is 2.49. The van der Waals surface area contributed by atoms with Gasteiger partial charge in [-0.3, -0.25) is 4.79 Å². The smallest absolute Gasteiger partial charge is 0.254 e. The van der Waals surface area contributed by atoms with Crippen LogP contribution >= 0.6 is 23.2 Å². The molecule has 0 aliphatic carbocycles. The first-order chi connectivity index (χ1) is 9.29. The van der Waals surface area contributed by atoms with Gasteiger partial charge in [0.05, 0.1) is 5.56 Å². The average molecular weight is 319 g/mol. The number of hydrogen-bond donors (Lipinski definition) is 1. The van der Waals surface area contributed by atoms with E-state index in [9.17, 15) is 4.79 Å². The molecule has 0 saturated heterocycles. The fraction of sp³-hybridized carbons (Fsp3) is 0.615. The Balaban J connectivity index is 2.81. The van der Waals surface area contributed by atoms with Crippen molar-refractivity contribution in [1.29, 1.82) is 0 Å². The van der Waals surface area contributed by atoms with Gasteiger partial charge in [0.25, 0.3) is 5.91 Å². The molecule has 0 spiro atoms. The fourth-order valence-electron chi connectivity index (χ4n) is 1.96. The van der Waals surface area contributed by atoms with Gasteiger partial charge in [0.2, 0.25) is 0 Å². The Bertz CT molecular complexity index is 456. The van der Waals surface area contributed by atoms with Crippen molar-refractivity contribution < 1.29 is 4.79 Å². The SMILES string of the molecule is CC(C)CC(CN(C)C)NC(=O)c1cc(Cl)nnc1Cl. The van der Waals surface area contributed by atoms with Gasteiger partial charge in [0.1, 0.15) is 0 Å². The Kier molecular flexibility index (Phi) is 6.65. The zero-order chi connectivity index (χ0) is 15.3. The van der Waals surface area contributed by atoms with E-state index in [1.807, 2.05) is 19.0 Å². The summed E-state index contributed by atoms with van der Waals surface area (Å²) >= 11 is 11.6. The van der Waals surface area contributed by atoms with Gasteiger partial charge >= 0.3 is 0 Å². The monoisotopic (exact) mass is 318 g/mol. The van der Waals surface area contributed by atoms with Crippen LogP contribution in [0.5, 0.6) is 0 Å². The van der Waals surface area contributed by atoms with Gasteiger partial charge in [-0.1, -0.05) is 37.0 Å². The molecule has 7 heteroatoms. The van der Waals surface area contributed by atoms with Gasteiger partial charge < -0.3 is 10.2 Å². The maximum atomic E-state index is 12.3. The normalized spacial score (nSPS) is 12.8. The number of rotatable bonds is 6. The van der Waals surface area contributed by atoms with Crippen LogP contribution in [0.25, 0.3) is 0 Å². The summed E-state index contributed by atoms with van der Waals surface area (Å²) in [5.41, 5.74) is 0.249. The van der Waals surface area contributed by atoms with Crippen molar-refractivity contribution in [3.63, 3.8) is 0 Å². The molecule has 0 saturated carbocycles. The number of nitrogens with one attached hydrogen (secondary N) is 1. The molecule has 0 fully saturated rings. The van der Waals surface area contributed by atoms with E-state index in [0.29, 0.717) is 5.92 Å². The zero-order valence-corrected chi connectivity index (χ0v) is 13.7. The van der Waals surface area contributed by atoms with Gasteiger partial charge in [-0.05, 0) is 32.5 Å². The molecule has 0 bridgehead atoms. The lowest BCUT2D eigenvalue weighted by atomic mass is 10.0. The summed E-state index contributed by atoms with van der Waals surface area (Å²) in [6, 6.07) is 1.47. The summed E-state index contributed by atoms with van der Waals surface area (Å²) < 4.78 is 0. The first-order valence-corrected chi connectivity index (χ1v) is 7.19. The molecular formula is C13H20Cl2N4O. The second-order valence-electron chi connectivity index (χ2n) is 5.43. The summed E-state index contributed by atoms with van der Waals surface area (Å²) in [4.78, 5) is 14.3. The minimum atomic E-state index is -0.278. The minimum absolute atomic E-state index is 0.0421. The molecule has 1 aromatic heterocycles. The fourth-order valence-corrected chi connectivity index (χ4v) is 2.29. The number of amides is 1. The van der Waals surface area contributed by atoms with Gasteiger partial charge in [-0.2, -0.15) is 0 Å². The highest BCUT2D eigenvalue weighted by atomic mass is 35.5. The number of carbonyl (C=O) groups is 1. The van der Waals surface area contributed by atoms with E-state index in [-0.39, 0.29) is 27.8 Å². The molecule has 20 heavy (non-hydrogen) atoms. The molecule has 0 aromatic carbocycles. The third-order valence-electron chi connectivity index (χ3n) is 2.64. The zero-order valence-electron chi connectivity index (χ0n) is 12.2. The highest BCUT2D eigenvalue weighted by molar-refractivity contribution is 6.34. The third kappa shape index (κ3) is 5.61. The highest BCUT2D eigenvalue weighted by Crippen LogP contribution is 2.16. The number of halogens is 2. The molecule has 0 aliphatic rings. The van der Waals surface area contributed by atoms with E-state index in [0.717, 1.165) is 13.0 Å². The molecule has 5 nitrogen and oxygen atoms in total. The standard InChI is InChI=1S/C13H20Cl2N4O/c1-8(2)5-9(7-19(3)4)16-13(20)10-6-11(14)17-18-12(10)15/h6,8-9H,5,7H2,1-4H3,(H,16,20). The molecule has 1 N–H and O–H groups in total. The van der Waals surface area contributed by atoms with Gasteiger partial charge in [-0.15, -0.1) is 10.2 Å². The molecule has 0 radical (unpaired) electrons. The third-order valence-corrected chi connectivity index (χ3v) is 3.10. The second-order valence-corrected chi connectivity index (χ2v) is 6.18. The van der Waals surface area contributed by atoms with Crippen molar-refractivity contribution in [2.24, 2.45) is 5.92 Å². The summed E-state index contributed by atoms with van der Waals surface area (Å²) in [6.07, 6.45) is 0.883. The Morgan fingerprint density at radius 1 is 1.35 bits per heavy atom. The second kappa shape index (κ2) is 7.76. The molecule has 1 amide bonds. The predicted molar refractivity (Wildman–Crippen MR) is 81.3 cm³/mol. The lowest BCUT2D eigenvalue weighted by molar-refractivity contribution is 0.0924. The van der Waals surface area contributed by atoms with Crippen molar-refractivity contribution in [1.82, 2.24) is 20.4 Å². The Labute approximate surface area is 129 Å². The van der Waals surface area contributed by atoms with Crippen molar-refractivity contribution in [3.8, 4) is 0 Å². The maximum Gasteiger partial charge on any atom is 0.254 e. The van der Waals surface area contributed by atoms with Crippen LogP contribution in [-0.2, 0) is 0 Å². The summed E-state index contributed by atoms with van der Waals surface area (Å²) in [5, 5.41) is 10.4. The molecule has 1 heterocycles. The number of aromatic nitrogens is 2. The molecule has 112 valence electrons. The van der Waals surface area contributed by atoms with Crippen LogP contribution in [0.3, 0.4) is 0 Å². The van der Waals surface area contributed by atoms with E-state index in [1.54, 1.807) is 0 Å². The van der Waals surface area contributed by atoms with Crippen LogP contribution in [0.1, 0.15) is 30.6 Å². The highest BCUT2D eigenvalue weighted by Gasteiger charge is 2.19. The minimum Gasteiger partial charge on any atom is -0.348 e. The first kappa shape index (κ1) is 17.1. The van der Waals surface area contributed by atoms with E-state index in [4.69, 9.17) is 23.2 Å². The summed E-state index contributed by atoms with van der Waals surface area (Å²) in [7, 11) is 3.94. The average Bonchev–Trinajstić information content (AvgIpc) is 2.30. The largest absolute Gasteiger partial charge is 0.348 e. The van der Waals surface area contributed by atoms with Gasteiger partial charge in [-0.25, -0.2) is 0 Å². The van der Waals surface area contributed by atoms with Crippen LogP contribution < -0.4 is 5.32 Å². The molecule has 1 unspecified atom stereocenters. The quantitative estimate of drug-likeness (QED) is 0.875. The lowest BCUT2D eigenvalue weighted by Gasteiger charge is -2.24. The lowest BCUT2D eigenvalue weighted by Crippen LogP contribution is -2.42. The topological polar surface area (TPSA) is 58.1 Å². The number of hydrogen-bond acceptors (Lipinski definition) is 4. The molecule has 1 rings (SSSR count). The number of carbonyl (C=O) groups excluding carboxylic acids is 1. The van der Waals surface area contributed by atoms with Crippen molar-refractivity contribution in [3.05, 3.63) is 21.9 Å². The van der Waals surface area contributed by atoms with E-state index in [2.05, 4.69) is 29.4 Å². The van der Waals surface area contributed by atoms with Crippen molar-refractivity contribution in [2.45, 2.75) is 26.3 Å². The van der Waals surface area contributed by atoms with E-state index < -0.39 is 0 Å². The Hall–Kier alpha value is -0.910. The van der Waals surface area contributed by atoms with Crippen molar-refractivity contribution >= 4 is 29.1 Å². The van der Waals surface area contributed by atoms with Crippen LogP contribution in [0.2, 0.25) is 10.3 Å². The van der Waals surface area contributed by atoms with Crippen LogP contribution in [0.4, 0.5) is 0 Å². The van der Waals surface area contributed by atoms with Crippen LogP contribution in [-0.4, -0.2) is 47.7 Å². The maximum absolute atomic E-state index is 12.3. The summed E-state index contributed by atoms with van der Waals surface area (Å²) in [5.74, 6) is 0.203. The molecule has 1 atom stereocenters. The molecule has 0 aliphatic heterocycles.